The summed E-state index contributed by atoms with van der Waals surface area (Å²) in [7, 11) is 0. The molecule has 0 saturated heterocycles. The third-order valence-corrected chi connectivity index (χ3v) is 6.27. The maximum atomic E-state index is 11.5. The van der Waals surface area contributed by atoms with Crippen molar-refractivity contribution in [1.82, 2.24) is 0 Å². The molecule has 5 unspecified atom stereocenters. The quantitative estimate of drug-likeness (QED) is 0.706. The van der Waals surface area contributed by atoms with Crippen LogP contribution in [-0.2, 0) is 0 Å². The van der Waals surface area contributed by atoms with Crippen molar-refractivity contribution in [3.63, 3.8) is 0 Å². The summed E-state index contributed by atoms with van der Waals surface area (Å²) in [5.74, 6) is 2.66. The fourth-order valence-corrected chi connectivity index (χ4v) is 4.85. The van der Waals surface area contributed by atoms with Gasteiger partial charge in [-0.05, 0) is 54.8 Å². The molecule has 1 N–H and O–H groups in total. The SMILES string of the molecule is CC1CCC(C2(O)CCCCC2C(C)(C)C)CC1C. The van der Waals surface area contributed by atoms with Crippen LogP contribution in [0.25, 0.3) is 0 Å². The van der Waals surface area contributed by atoms with Crippen LogP contribution < -0.4 is 0 Å². The average Bonchev–Trinajstić information content (AvgIpc) is 2.31. The second-order valence-corrected chi connectivity index (χ2v) is 8.62. The van der Waals surface area contributed by atoms with E-state index in [-0.39, 0.29) is 11.0 Å². The van der Waals surface area contributed by atoms with Crippen molar-refractivity contribution in [2.24, 2.45) is 29.1 Å². The molecule has 2 aliphatic rings. The first kappa shape index (κ1) is 15.4. The molecule has 1 heteroatoms. The van der Waals surface area contributed by atoms with Crippen molar-refractivity contribution >= 4 is 0 Å². The van der Waals surface area contributed by atoms with Crippen molar-refractivity contribution < 1.29 is 5.11 Å². The summed E-state index contributed by atoms with van der Waals surface area (Å²) in [5.41, 5.74) is -0.146. The molecule has 2 rings (SSSR count). The molecular formula is C18H34O. The average molecular weight is 266 g/mol. The van der Waals surface area contributed by atoms with Crippen LogP contribution in [0.4, 0.5) is 0 Å². The molecule has 2 saturated carbocycles. The van der Waals surface area contributed by atoms with Gasteiger partial charge in [0.05, 0.1) is 5.60 Å². The van der Waals surface area contributed by atoms with Crippen molar-refractivity contribution in [3.05, 3.63) is 0 Å². The second kappa shape index (κ2) is 5.39. The lowest BCUT2D eigenvalue weighted by Gasteiger charge is -2.53. The van der Waals surface area contributed by atoms with E-state index in [1.54, 1.807) is 0 Å². The fraction of sp³-hybridized carbons (Fsp3) is 1.00. The standard InChI is InChI=1S/C18H34O/c1-13-9-10-15(12-14(13)2)18(19)11-7-6-8-16(18)17(3,4)5/h13-16,19H,6-12H2,1-5H3. The molecule has 112 valence electrons. The first-order valence-electron chi connectivity index (χ1n) is 8.47. The van der Waals surface area contributed by atoms with Gasteiger partial charge in [-0.25, -0.2) is 0 Å². The summed E-state index contributed by atoms with van der Waals surface area (Å²) in [6.07, 6.45) is 8.59. The van der Waals surface area contributed by atoms with Crippen LogP contribution >= 0.6 is 0 Å². The highest BCUT2D eigenvalue weighted by Gasteiger charge is 2.50. The lowest BCUT2D eigenvalue weighted by atomic mass is 9.56. The molecule has 1 nitrogen and oxygen atoms in total. The van der Waals surface area contributed by atoms with E-state index in [4.69, 9.17) is 0 Å². The Kier molecular flexibility index (Phi) is 4.35. The zero-order valence-corrected chi connectivity index (χ0v) is 13.7. The van der Waals surface area contributed by atoms with Crippen LogP contribution in [0.15, 0.2) is 0 Å². The van der Waals surface area contributed by atoms with Gasteiger partial charge in [0.2, 0.25) is 0 Å². The van der Waals surface area contributed by atoms with Crippen molar-refractivity contribution in [2.45, 2.75) is 85.2 Å². The van der Waals surface area contributed by atoms with E-state index in [0.717, 1.165) is 18.3 Å². The van der Waals surface area contributed by atoms with E-state index in [1.165, 1.54) is 38.5 Å². The first-order valence-corrected chi connectivity index (χ1v) is 8.47. The molecule has 0 aromatic carbocycles. The molecule has 0 heterocycles. The van der Waals surface area contributed by atoms with Gasteiger partial charge in [-0.15, -0.1) is 0 Å². The van der Waals surface area contributed by atoms with E-state index in [2.05, 4.69) is 34.6 Å². The number of hydrogen-bond donors (Lipinski definition) is 1. The molecule has 2 fully saturated rings. The van der Waals surface area contributed by atoms with Crippen LogP contribution in [0.3, 0.4) is 0 Å². The Morgan fingerprint density at radius 1 is 0.947 bits per heavy atom. The Bertz CT molecular complexity index is 303. The van der Waals surface area contributed by atoms with Crippen LogP contribution in [0.1, 0.15) is 79.6 Å². The zero-order valence-electron chi connectivity index (χ0n) is 13.7. The van der Waals surface area contributed by atoms with E-state index >= 15 is 0 Å². The molecule has 0 aromatic rings. The van der Waals surface area contributed by atoms with E-state index in [1.807, 2.05) is 0 Å². The largest absolute Gasteiger partial charge is 0.389 e. The van der Waals surface area contributed by atoms with Crippen LogP contribution in [0, 0.1) is 29.1 Å². The Labute approximate surface area is 120 Å². The highest BCUT2D eigenvalue weighted by molar-refractivity contribution is 5.01. The Hall–Kier alpha value is -0.0400. The van der Waals surface area contributed by atoms with Gasteiger partial charge in [-0.1, -0.05) is 53.9 Å². The molecule has 0 spiro atoms. The lowest BCUT2D eigenvalue weighted by molar-refractivity contribution is -0.143. The predicted octanol–water partition coefficient (Wildman–Crippen LogP) is 5.03. The van der Waals surface area contributed by atoms with E-state index in [0.29, 0.717) is 11.8 Å². The zero-order chi connectivity index (χ0) is 14.3. The van der Waals surface area contributed by atoms with Gasteiger partial charge >= 0.3 is 0 Å². The molecule has 19 heavy (non-hydrogen) atoms. The molecule has 0 amide bonds. The van der Waals surface area contributed by atoms with Crippen molar-refractivity contribution in [3.8, 4) is 0 Å². The summed E-state index contributed by atoms with van der Waals surface area (Å²) in [5, 5.41) is 11.5. The summed E-state index contributed by atoms with van der Waals surface area (Å²) in [6, 6.07) is 0. The molecule has 5 atom stereocenters. The Morgan fingerprint density at radius 3 is 2.21 bits per heavy atom. The van der Waals surface area contributed by atoms with Gasteiger partial charge in [-0.2, -0.15) is 0 Å². The van der Waals surface area contributed by atoms with Gasteiger partial charge < -0.3 is 5.11 Å². The highest BCUT2D eigenvalue weighted by Crippen LogP contribution is 2.52. The predicted molar refractivity (Wildman–Crippen MR) is 82.0 cm³/mol. The maximum Gasteiger partial charge on any atom is 0.0708 e. The topological polar surface area (TPSA) is 20.2 Å². The summed E-state index contributed by atoms with van der Waals surface area (Å²) < 4.78 is 0. The maximum absolute atomic E-state index is 11.5. The van der Waals surface area contributed by atoms with E-state index in [9.17, 15) is 5.11 Å². The molecule has 0 radical (unpaired) electrons. The molecule has 2 aliphatic carbocycles. The molecule has 0 bridgehead atoms. The monoisotopic (exact) mass is 266 g/mol. The minimum absolute atomic E-state index is 0.238. The van der Waals surface area contributed by atoms with Gasteiger partial charge in [-0.3, -0.25) is 0 Å². The van der Waals surface area contributed by atoms with Crippen LogP contribution in [0.2, 0.25) is 0 Å². The van der Waals surface area contributed by atoms with Gasteiger partial charge in [0.25, 0.3) is 0 Å². The smallest absolute Gasteiger partial charge is 0.0708 e. The summed E-state index contributed by atoms with van der Waals surface area (Å²) in [6.45, 7) is 11.7. The lowest BCUT2D eigenvalue weighted by Crippen LogP contribution is -2.53. The number of aliphatic hydroxyl groups is 1. The third-order valence-electron chi connectivity index (χ3n) is 6.27. The second-order valence-electron chi connectivity index (χ2n) is 8.62. The van der Waals surface area contributed by atoms with E-state index < -0.39 is 0 Å². The van der Waals surface area contributed by atoms with Gasteiger partial charge in [0.15, 0.2) is 0 Å². The first-order chi connectivity index (χ1) is 8.75. The summed E-state index contributed by atoms with van der Waals surface area (Å²) in [4.78, 5) is 0. The minimum atomic E-state index is -0.384. The number of hydrogen-bond acceptors (Lipinski definition) is 1. The van der Waals surface area contributed by atoms with Gasteiger partial charge in [0.1, 0.15) is 0 Å². The minimum Gasteiger partial charge on any atom is -0.389 e. The summed E-state index contributed by atoms with van der Waals surface area (Å²) >= 11 is 0. The number of rotatable bonds is 1. The van der Waals surface area contributed by atoms with Crippen molar-refractivity contribution in [1.29, 1.82) is 0 Å². The normalized spacial score (nSPS) is 45.2. The highest BCUT2D eigenvalue weighted by atomic mass is 16.3. The third kappa shape index (κ3) is 3.01. The van der Waals surface area contributed by atoms with Crippen LogP contribution in [-0.4, -0.2) is 10.7 Å². The van der Waals surface area contributed by atoms with Crippen molar-refractivity contribution in [2.75, 3.05) is 0 Å². The molecule has 0 aliphatic heterocycles. The molecule has 0 aromatic heterocycles. The molecular weight excluding hydrogens is 232 g/mol. The van der Waals surface area contributed by atoms with Gasteiger partial charge in [0, 0.05) is 0 Å². The Morgan fingerprint density at radius 2 is 1.63 bits per heavy atom. The van der Waals surface area contributed by atoms with Crippen LogP contribution in [0.5, 0.6) is 0 Å². The fourth-order valence-electron chi connectivity index (χ4n) is 4.85. The Balaban J connectivity index is 2.18.